The Morgan fingerprint density at radius 3 is 2.66 bits per heavy atom. The largest absolute Gasteiger partial charge is 0.421 e. The molecule has 0 atom stereocenters. The molecular formula is C25H29N5O2. The molecule has 4 aromatic rings. The Hall–Kier alpha value is -3.45. The van der Waals surface area contributed by atoms with Gasteiger partial charge in [-0.15, -0.1) is 0 Å². The third-order valence-corrected chi connectivity index (χ3v) is 6.44. The van der Waals surface area contributed by atoms with Gasteiger partial charge in [-0.1, -0.05) is 0 Å². The van der Waals surface area contributed by atoms with Crippen molar-refractivity contribution in [3.8, 4) is 0 Å². The Morgan fingerprint density at radius 2 is 1.81 bits per heavy atom. The van der Waals surface area contributed by atoms with Crippen LogP contribution >= 0.6 is 0 Å². The fourth-order valence-corrected chi connectivity index (χ4v) is 4.61. The first kappa shape index (κ1) is 20.5. The van der Waals surface area contributed by atoms with Gasteiger partial charge in [0.1, 0.15) is 11.3 Å². The summed E-state index contributed by atoms with van der Waals surface area (Å²) in [6.45, 7) is 5.19. The summed E-state index contributed by atoms with van der Waals surface area (Å²) in [6, 6.07) is 13.7. The van der Waals surface area contributed by atoms with E-state index in [1.807, 2.05) is 24.3 Å². The Balaban J connectivity index is 1.12. The molecule has 2 aromatic heterocycles. The number of aromatic nitrogens is 1. The van der Waals surface area contributed by atoms with E-state index in [-0.39, 0.29) is 5.69 Å². The van der Waals surface area contributed by atoms with Gasteiger partial charge in [-0.25, -0.2) is 4.79 Å². The summed E-state index contributed by atoms with van der Waals surface area (Å²) < 4.78 is 5.25. The van der Waals surface area contributed by atoms with Crippen LogP contribution in [0.15, 0.2) is 57.9 Å². The maximum atomic E-state index is 11.6. The lowest BCUT2D eigenvalue weighted by atomic mass is 10.1. The predicted molar refractivity (Wildman–Crippen MR) is 131 cm³/mol. The number of piperazine rings is 1. The average Bonchev–Trinajstić information content (AvgIpc) is 3.19. The molecule has 0 radical (unpaired) electrons. The van der Waals surface area contributed by atoms with Crippen LogP contribution in [0.25, 0.3) is 21.9 Å². The van der Waals surface area contributed by atoms with Crippen molar-refractivity contribution in [2.24, 2.45) is 0 Å². The summed E-state index contributed by atoms with van der Waals surface area (Å²) in [5.74, 6) is 0. The van der Waals surface area contributed by atoms with Crippen molar-refractivity contribution in [1.82, 2.24) is 9.88 Å². The molecule has 5 rings (SSSR count). The average molecular weight is 432 g/mol. The molecule has 1 aliphatic heterocycles. The molecule has 166 valence electrons. The summed E-state index contributed by atoms with van der Waals surface area (Å²) in [4.78, 5) is 19.9. The van der Waals surface area contributed by atoms with Crippen molar-refractivity contribution >= 4 is 38.9 Å². The fraction of sp³-hybridized carbons (Fsp3) is 0.320. The summed E-state index contributed by atoms with van der Waals surface area (Å²) >= 11 is 0. The minimum absolute atomic E-state index is 0.149. The highest BCUT2D eigenvalue weighted by Crippen LogP contribution is 2.24. The van der Waals surface area contributed by atoms with Gasteiger partial charge >= 0.3 is 5.63 Å². The molecule has 5 N–H and O–H groups in total. The molecular weight excluding hydrogens is 402 g/mol. The number of hydrogen-bond donors (Lipinski definition) is 3. The van der Waals surface area contributed by atoms with Crippen molar-refractivity contribution in [1.29, 1.82) is 0 Å². The first-order valence-corrected chi connectivity index (χ1v) is 11.2. The van der Waals surface area contributed by atoms with Crippen LogP contribution in [0.4, 0.5) is 17.1 Å². The first-order valence-electron chi connectivity index (χ1n) is 11.2. The van der Waals surface area contributed by atoms with Crippen LogP contribution in [-0.4, -0.2) is 42.6 Å². The lowest BCUT2D eigenvalue weighted by Crippen LogP contribution is -2.46. The molecule has 1 aliphatic rings. The van der Waals surface area contributed by atoms with Crippen molar-refractivity contribution in [2.45, 2.75) is 19.3 Å². The number of rotatable bonds is 6. The minimum Gasteiger partial charge on any atom is -0.421 e. The van der Waals surface area contributed by atoms with E-state index < -0.39 is 5.63 Å². The van der Waals surface area contributed by atoms with E-state index in [1.165, 1.54) is 23.8 Å². The maximum absolute atomic E-state index is 11.6. The summed E-state index contributed by atoms with van der Waals surface area (Å²) in [6.07, 6.45) is 5.54. The number of nitrogens with one attached hydrogen (secondary N) is 1. The third-order valence-electron chi connectivity index (χ3n) is 6.44. The van der Waals surface area contributed by atoms with Crippen molar-refractivity contribution < 1.29 is 4.42 Å². The molecule has 0 spiro atoms. The number of nitrogens with two attached hydrogens (primary N) is 2. The zero-order valence-electron chi connectivity index (χ0n) is 18.1. The Labute approximate surface area is 186 Å². The van der Waals surface area contributed by atoms with Gasteiger partial charge in [-0.3, -0.25) is 4.90 Å². The second-order valence-electron chi connectivity index (χ2n) is 8.62. The standard InChI is InChI=1S/C25H29N5O2/c26-19-4-6-23-21(15-19)17(16-28-23)3-1-2-8-29-9-11-30(12-10-29)20-5-7-24-18(13-20)14-22(27)25(31)32-24/h4-7,13-16,28H,1-3,8-12,26-27H2. The van der Waals surface area contributed by atoms with Crippen LogP contribution in [0.1, 0.15) is 18.4 Å². The third kappa shape index (κ3) is 4.16. The van der Waals surface area contributed by atoms with Gasteiger partial charge in [0.15, 0.2) is 0 Å². The smallest absolute Gasteiger partial charge is 0.359 e. The van der Waals surface area contributed by atoms with Gasteiger partial charge in [0.05, 0.1) is 0 Å². The highest BCUT2D eigenvalue weighted by Gasteiger charge is 2.17. The molecule has 2 aromatic carbocycles. The number of fused-ring (bicyclic) bond motifs is 2. The number of H-pyrrole nitrogens is 1. The predicted octanol–water partition coefficient (Wildman–Crippen LogP) is 3.58. The second kappa shape index (κ2) is 8.59. The summed E-state index contributed by atoms with van der Waals surface area (Å²) in [7, 11) is 0. The molecule has 7 nitrogen and oxygen atoms in total. The summed E-state index contributed by atoms with van der Waals surface area (Å²) in [5, 5.41) is 2.11. The number of unbranched alkanes of at least 4 members (excludes halogenated alkanes) is 1. The molecule has 1 fully saturated rings. The zero-order chi connectivity index (χ0) is 22.1. The molecule has 32 heavy (non-hydrogen) atoms. The van der Waals surface area contributed by atoms with E-state index in [2.05, 4.69) is 33.1 Å². The molecule has 7 heteroatoms. The minimum atomic E-state index is -0.479. The van der Waals surface area contributed by atoms with Gasteiger partial charge in [-0.2, -0.15) is 0 Å². The van der Waals surface area contributed by atoms with Crippen molar-refractivity contribution in [3.05, 3.63) is 64.6 Å². The van der Waals surface area contributed by atoms with Crippen LogP contribution in [0.3, 0.4) is 0 Å². The number of benzene rings is 2. The Bertz CT molecular complexity index is 1300. The molecule has 3 heterocycles. The van der Waals surface area contributed by atoms with Gasteiger partial charge < -0.3 is 25.8 Å². The number of aryl methyl sites for hydroxylation is 1. The lowest BCUT2D eigenvalue weighted by Gasteiger charge is -2.36. The van der Waals surface area contributed by atoms with Gasteiger partial charge in [0.25, 0.3) is 0 Å². The molecule has 0 aliphatic carbocycles. The first-order chi connectivity index (χ1) is 15.6. The van der Waals surface area contributed by atoms with Gasteiger partial charge in [0, 0.05) is 60.0 Å². The van der Waals surface area contributed by atoms with Gasteiger partial charge in [0.2, 0.25) is 0 Å². The number of hydrogen-bond acceptors (Lipinski definition) is 6. The Kier molecular flexibility index (Phi) is 5.49. The quantitative estimate of drug-likeness (QED) is 0.245. The highest BCUT2D eigenvalue weighted by atomic mass is 16.4. The van der Waals surface area contributed by atoms with Gasteiger partial charge in [-0.05, 0) is 73.8 Å². The maximum Gasteiger partial charge on any atom is 0.359 e. The highest BCUT2D eigenvalue weighted by molar-refractivity contribution is 5.86. The summed E-state index contributed by atoms with van der Waals surface area (Å²) in [5.41, 5.74) is 16.4. The van der Waals surface area contributed by atoms with Crippen molar-refractivity contribution in [2.75, 3.05) is 49.1 Å². The van der Waals surface area contributed by atoms with Crippen LogP contribution < -0.4 is 22.0 Å². The van der Waals surface area contributed by atoms with Crippen LogP contribution in [0, 0.1) is 0 Å². The fourth-order valence-electron chi connectivity index (χ4n) is 4.61. The molecule has 0 unspecified atom stereocenters. The van der Waals surface area contributed by atoms with Crippen LogP contribution in [0.5, 0.6) is 0 Å². The Morgan fingerprint density at radius 1 is 0.969 bits per heavy atom. The monoisotopic (exact) mass is 431 g/mol. The lowest BCUT2D eigenvalue weighted by molar-refractivity contribution is 0.253. The van der Waals surface area contributed by atoms with E-state index in [1.54, 1.807) is 6.07 Å². The normalized spacial score (nSPS) is 15.1. The number of nitrogens with zero attached hydrogens (tertiary/aromatic N) is 2. The van der Waals surface area contributed by atoms with E-state index in [4.69, 9.17) is 15.9 Å². The topological polar surface area (TPSA) is 105 Å². The van der Waals surface area contributed by atoms with Crippen LogP contribution in [-0.2, 0) is 6.42 Å². The number of aromatic amines is 1. The van der Waals surface area contributed by atoms with Crippen LogP contribution in [0.2, 0.25) is 0 Å². The molecule has 0 saturated carbocycles. The van der Waals surface area contributed by atoms with E-state index >= 15 is 0 Å². The van der Waals surface area contributed by atoms with E-state index in [9.17, 15) is 4.79 Å². The molecule has 1 saturated heterocycles. The van der Waals surface area contributed by atoms with E-state index in [0.29, 0.717) is 5.58 Å². The van der Waals surface area contributed by atoms with Crippen molar-refractivity contribution in [3.63, 3.8) is 0 Å². The second-order valence-corrected chi connectivity index (χ2v) is 8.62. The molecule has 0 amide bonds. The molecule has 0 bridgehead atoms. The zero-order valence-corrected chi connectivity index (χ0v) is 18.1. The number of nitrogen functional groups attached to an aromatic ring is 2. The SMILES string of the molecule is Nc1ccc2[nH]cc(CCCCN3CCN(c4ccc5oc(=O)c(N)cc5c4)CC3)c2c1. The number of anilines is 3. The van der Waals surface area contributed by atoms with E-state index in [0.717, 1.165) is 61.4 Å².